The highest BCUT2D eigenvalue weighted by Gasteiger charge is 2.36. The first-order valence-corrected chi connectivity index (χ1v) is 12.9. The quantitative estimate of drug-likeness (QED) is 0.381. The van der Waals surface area contributed by atoms with E-state index < -0.39 is 17.7 Å². The van der Waals surface area contributed by atoms with Gasteiger partial charge < -0.3 is 5.11 Å². The highest BCUT2D eigenvalue weighted by molar-refractivity contribution is 5.71. The molecule has 0 amide bonds. The molecule has 1 aromatic carbocycles. The number of carboxylic acid groups (broad SMARTS) is 1. The number of nitrogens with one attached hydrogen (secondary N) is 1. The predicted molar refractivity (Wildman–Crippen MR) is 134 cm³/mol. The SMILES string of the molecule is C=C(NOCc1ccc(C2CCCCC2)c(C(F)(F)F)c1)c1ccc(CN2CC(C(=O)O)C2)c(CC)n1. The monoisotopic (exact) mass is 517 g/mol. The highest BCUT2D eigenvalue weighted by Crippen LogP contribution is 2.41. The van der Waals surface area contributed by atoms with Gasteiger partial charge in [-0.15, -0.1) is 0 Å². The summed E-state index contributed by atoms with van der Waals surface area (Å²) >= 11 is 0. The lowest BCUT2D eigenvalue weighted by Gasteiger charge is -2.36. The number of aliphatic carboxylic acids is 1. The number of hydroxylamine groups is 1. The van der Waals surface area contributed by atoms with Gasteiger partial charge in [-0.25, -0.2) is 0 Å². The van der Waals surface area contributed by atoms with Crippen molar-refractivity contribution < 1.29 is 27.9 Å². The van der Waals surface area contributed by atoms with E-state index in [0.29, 0.717) is 48.6 Å². The minimum atomic E-state index is -4.41. The summed E-state index contributed by atoms with van der Waals surface area (Å²) in [4.78, 5) is 23.2. The molecule has 1 aliphatic heterocycles. The Morgan fingerprint density at radius 2 is 1.92 bits per heavy atom. The molecule has 0 unspecified atom stereocenters. The summed E-state index contributed by atoms with van der Waals surface area (Å²) in [5, 5.41) is 9.06. The number of hydrogen-bond donors (Lipinski definition) is 2. The Balaban J connectivity index is 1.35. The summed E-state index contributed by atoms with van der Waals surface area (Å²) in [6.07, 6.45) is 0.906. The maximum absolute atomic E-state index is 13.8. The minimum absolute atomic E-state index is 0.0419. The zero-order valence-corrected chi connectivity index (χ0v) is 21.1. The van der Waals surface area contributed by atoms with Crippen LogP contribution in [0.1, 0.15) is 78.6 Å². The number of benzene rings is 1. The first-order valence-electron chi connectivity index (χ1n) is 12.9. The number of hydrogen-bond acceptors (Lipinski definition) is 5. The maximum atomic E-state index is 13.8. The van der Waals surface area contributed by atoms with Crippen molar-refractivity contribution in [1.29, 1.82) is 0 Å². The Hall–Kier alpha value is -2.91. The normalized spacial score (nSPS) is 17.4. The van der Waals surface area contributed by atoms with Gasteiger partial charge in [0.15, 0.2) is 0 Å². The first kappa shape index (κ1) is 27.1. The molecule has 1 aliphatic carbocycles. The Morgan fingerprint density at radius 3 is 2.57 bits per heavy atom. The van der Waals surface area contributed by atoms with E-state index in [1.165, 1.54) is 6.07 Å². The fourth-order valence-electron chi connectivity index (χ4n) is 5.21. The van der Waals surface area contributed by atoms with Crippen LogP contribution in [0.4, 0.5) is 13.2 Å². The molecular weight excluding hydrogens is 483 g/mol. The summed E-state index contributed by atoms with van der Waals surface area (Å²) in [5.41, 5.74) is 5.87. The van der Waals surface area contributed by atoms with Gasteiger partial charge in [0, 0.05) is 25.3 Å². The van der Waals surface area contributed by atoms with Gasteiger partial charge in [-0.3, -0.25) is 25.0 Å². The average Bonchev–Trinajstić information content (AvgIpc) is 2.85. The fraction of sp³-hybridized carbons (Fsp3) is 0.500. The van der Waals surface area contributed by atoms with E-state index >= 15 is 0 Å². The molecule has 2 aliphatic rings. The third-order valence-electron chi connectivity index (χ3n) is 7.32. The largest absolute Gasteiger partial charge is 0.481 e. The van der Waals surface area contributed by atoms with Gasteiger partial charge in [0.2, 0.25) is 0 Å². The van der Waals surface area contributed by atoms with Crippen LogP contribution in [0, 0.1) is 5.92 Å². The van der Waals surface area contributed by atoms with E-state index in [9.17, 15) is 18.0 Å². The Morgan fingerprint density at radius 1 is 1.19 bits per heavy atom. The van der Waals surface area contributed by atoms with Crippen LogP contribution in [0.3, 0.4) is 0 Å². The molecule has 6 nitrogen and oxygen atoms in total. The van der Waals surface area contributed by atoms with Crippen LogP contribution in [-0.2, 0) is 35.4 Å². The summed E-state index contributed by atoms with van der Waals surface area (Å²) in [6.45, 7) is 7.59. The number of pyridine rings is 1. The van der Waals surface area contributed by atoms with E-state index in [4.69, 9.17) is 9.94 Å². The number of halogens is 3. The van der Waals surface area contributed by atoms with E-state index in [1.807, 2.05) is 19.1 Å². The molecular formula is C28H34F3N3O3. The lowest BCUT2D eigenvalue weighted by Crippen LogP contribution is -2.49. The van der Waals surface area contributed by atoms with Crippen LogP contribution in [-0.4, -0.2) is 34.0 Å². The van der Waals surface area contributed by atoms with E-state index in [2.05, 4.69) is 21.9 Å². The number of rotatable bonds is 10. The second-order valence-corrected chi connectivity index (χ2v) is 10.0. The Bertz CT molecular complexity index is 1120. The zero-order chi connectivity index (χ0) is 26.6. The van der Waals surface area contributed by atoms with Gasteiger partial charge in [-0.1, -0.05) is 51.0 Å². The van der Waals surface area contributed by atoms with Crippen LogP contribution in [0.25, 0.3) is 5.70 Å². The van der Waals surface area contributed by atoms with E-state index in [0.717, 1.165) is 43.4 Å². The van der Waals surface area contributed by atoms with Crippen LogP contribution in [0.5, 0.6) is 0 Å². The number of aryl methyl sites for hydroxylation is 1. The van der Waals surface area contributed by atoms with Crippen molar-refractivity contribution in [1.82, 2.24) is 15.4 Å². The highest BCUT2D eigenvalue weighted by atomic mass is 19.4. The molecule has 1 saturated carbocycles. The third kappa shape index (κ3) is 6.70. The maximum Gasteiger partial charge on any atom is 0.416 e. The van der Waals surface area contributed by atoms with Crippen molar-refractivity contribution in [3.8, 4) is 0 Å². The van der Waals surface area contributed by atoms with Crippen LogP contribution >= 0.6 is 0 Å². The number of carboxylic acids is 1. The molecule has 9 heteroatoms. The number of nitrogens with zero attached hydrogens (tertiary/aromatic N) is 2. The molecule has 37 heavy (non-hydrogen) atoms. The van der Waals surface area contributed by atoms with Gasteiger partial charge in [0.05, 0.1) is 29.5 Å². The number of alkyl halides is 3. The standard InChI is InChI=1S/C28H34F3N3O3/c1-3-25-21(14-34-15-22(16-34)27(35)36)10-12-26(32-25)18(2)33-37-17-19-9-11-23(20-7-5-4-6-8-20)24(13-19)28(29,30)31/h9-13,20,22,33H,2-8,14-17H2,1H3,(H,35,36). The smallest absolute Gasteiger partial charge is 0.416 e. The van der Waals surface area contributed by atoms with Crippen molar-refractivity contribution >= 4 is 11.7 Å². The molecule has 0 bridgehead atoms. The van der Waals surface area contributed by atoms with E-state index in [-0.39, 0.29) is 18.4 Å². The third-order valence-corrected chi connectivity index (χ3v) is 7.32. The summed E-state index contributed by atoms with van der Waals surface area (Å²) in [7, 11) is 0. The van der Waals surface area contributed by atoms with Crippen LogP contribution in [0.15, 0.2) is 36.9 Å². The van der Waals surface area contributed by atoms with Crippen molar-refractivity contribution in [2.24, 2.45) is 5.92 Å². The lowest BCUT2D eigenvalue weighted by atomic mass is 9.81. The van der Waals surface area contributed by atoms with E-state index in [1.54, 1.807) is 12.1 Å². The van der Waals surface area contributed by atoms with Crippen LogP contribution < -0.4 is 5.48 Å². The molecule has 1 saturated heterocycles. The minimum Gasteiger partial charge on any atom is -0.481 e. The summed E-state index contributed by atoms with van der Waals surface area (Å²) in [5.74, 6) is -1.12. The van der Waals surface area contributed by atoms with Gasteiger partial charge in [-0.2, -0.15) is 13.2 Å². The van der Waals surface area contributed by atoms with Crippen molar-refractivity contribution in [3.63, 3.8) is 0 Å². The molecule has 2 fully saturated rings. The van der Waals surface area contributed by atoms with Gasteiger partial charge >= 0.3 is 12.1 Å². The topological polar surface area (TPSA) is 74.7 Å². The molecule has 2 aromatic rings. The van der Waals surface area contributed by atoms with Crippen LogP contribution in [0.2, 0.25) is 0 Å². The summed E-state index contributed by atoms with van der Waals surface area (Å²) in [6, 6.07) is 8.26. The molecule has 2 heterocycles. The molecule has 0 spiro atoms. The van der Waals surface area contributed by atoms with Gasteiger partial charge in [-0.05, 0) is 54.0 Å². The van der Waals surface area contributed by atoms with Crippen molar-refractivity contribution in [2.75, 3.05) is 13.1 Å². The Kier molecular flexibility index (Phi) is 8.54. The number of likely N-dealkylation sites (tertiary alicyclic amines) is 1. The molecule has 2 N–H and O–H groups in total. The van der Waals surface area contributed by atoms with Gasteiger partial charge in [0.25, 0.3) is 0 Å². The Labute approximate surface area is 215 Å². The van der Waals surface area contributed by atoms with Gasteiger partial charge in [0.1, 0.15) is 0 Å². The lowest BCUT2D eigenvalue weighted by molar-refractivity contribution is -0.147. The fourth-order valence-corrected chi connectivity index (χ4v) is 5.21. The first-order chi connectivity index (χ1) is 17.7. The van der Waals surface area contributed by atoms with Crippen molar-refractivity contribution in [2.45, 2.75) is 70.7 Å². The summed E-state index contributed by atoms with van der Waals surface area (Å²) < 4.78 is 41.4. The molecule has 0 radical (unpaired) electrons. The number of carbonyl (C=O) groups is 1. The zero-order valence-electron chi connectivity index (χ0n) is 21.1. The average molecular weight is 518 g/mol. The second kappa shape index (κ2) is 11.6. The predicted octanol–water partition coefficient (Wildman–Crippen LogP) is 5.92. The number of aromatic nitrogens is 1. The molecule has 0 atom stereocenters. The van der Waals surface area contributed by atoms with Crippen molar-refractivity contribution in [3.05, 3.63) is 70.6 Å². The second-order valence-electron chi connectivity index (χ2n) is 10.0. The molecule has 1 aromatic heterocycles. The molecule has 4 rings (SSSR count). The molecule has 200 valence electrons.